The highest BCUT2D eigenvalue weighted by Crippen LogP contribution is 2.39. The Hall–Kier alpha value is -1.64. The minimum absolute atomic E-state index is 0.547. The van der Waals surface area contributed by atoms with Gasteiger partial charge >= 0.3 is 0 Å². The van der Waals surface area contributed by atoms with Gasteiger partial charge in [-0.05, 0) is 12.1 Å². The molecule has 126 valence electrons. The van der Waals surface area contributed by atoms with Crippen LogP contribution in [-0.4, -0.2) is 6.21 Å². The molecule has 3 aromatic carbocycles. The summed E-state index contributed by atoms with van der Waals surface area (Å²) in [5, 5.41) is 10.8. The van der Waals surface area contributed by atoms with E-state index >= 15 is 0 Å². The van der Waals surface area contributed by atoms with Crippen LogP contribution in [0.4, 0.5) is 0 Å². The Labute approximate surface area is 162 Å². The van der Waals surface area contributed by atoms with Crippen molar-refractivity contribution in [1.29, 1.82) is 0 Å². The summed E-state index contributed by atoms with van der Waals surface area (Å²) in [6.07, 6.45) is -0.669. The van der Waals surface area contributed by atoms with Crippen LogP contribution in [0, 0.1) is 0 Å². The van der Waals surface area contributed by atoms with Gasteiger partial charge in [0.2, 0.25) is 0 Å². The van der Waals surface area contributed by atoms with Gasteiger partial charge in [0, 0.05) is 16.2 Å². The predicted molar refractivity (Wildman–Crippen MR) is 114 cm³/mol. The third kappa shape index (κ3) is 4.13. The number of nitrogens with one attached hydrogen (secondary N) is 1. The van der Waals surface area contributed by atoms with E-state index in [4.69, 9.17) is 35.0 Å². The first kappa shape index (κ1) is 18.2. The molecule has 3 aromatic rings. The van der Waals surface area contributed by atoms with Crippen LogP contribution < -0.4 is 15.8 Å². The van der Waals surface area contributed by atoms with Crippen LogP contribution in [0.3, 0.4) is 0 Å². The van der Waals surface area contributed by atoms with Crippen molar-refractivity contribution >= 4 is 58.0 Å². The maximum absolute atomic E-state index is 6.19. The molecule has 0 heterocycles. The fraction of sp³-hybridized carbons (Fsp3) is 0. The molecule has 0 atom stereocenters. The van der Waals surface area contributed by atoms with E-state index in [0.29, 0.717) is 15.6 Å². The van der Waals surface area contributed by atoms with E-state index in [-0.39, 0.29) is 0 Å². The number of rotatable bonds is 5. The number of benzene rings is 3. The average molecular weight is 405 g/mol. The largest absolute Gasteiger partial charge is 0.272 e. The maximum Gasteiger partial charge on any atom is 0.106 e. The van der Waals surface area contributed by atoms with Crippen LogP contribution >= 0.6 is 29.4 Å². The number of hydrazone groups is 1. The smallest absolute Gasteiger partial charge is 0.106 e. The van der Waals surface area contributed by atoms with E-state index in [2.05, 4.69) is 10.3 Å². The molecule has 0 amide bonds. The summed E-state index contributed by atoms with van der Waals surface area (Å²) in [6, 6.07) is 25.3. The first-order chi connectivity index (χ1) is 12.1. The molecule has 1 N–H and O–H groups in total. The molecule has 0 saturated heterocycles. The van der Waals surface area contributed by atoms with Gasteiger partial charge in [0.25, 0.3) is 0 Å². The van der Waals surface area contributed by atoms with E-state index < -0.39 is 6.19 Å². The molecule has 25 heavy (non-hydrogen) atoms. The number of nitrogens with zero attached hydrogens (tertiary/aromatic N) is 1. The van der Waals surface area contributed by atoms with Crippen LogP contribution in [0.25, 0.3) is 0 Å². The predicted octanol–water partition coefficient (Wildman–Crippen LogP) is 4.96. The number of halogens is 2. The van der Waals surface area contributed by atoms with E-state index in [1.165, 1.54) is 0 Å². The summed E-state index contributed by atoms with van der Waals surface area (Å²) in [4.78, 5) is 0. The Kier molecular flexibility index (Phi) is 5.93. The molecule has 0 aliphatic rings. The Morgan fingerprint density at radius 2 is 1.24 bits per heavy atom. The van der Waals surface area contributed by atoms with Crippen LogP contribution in [0.5, 0.6) is 0 Å². The Morgan fingerprint density at radius 3 is 1.72 bits per heavy atom. The Morgan fingerprint density at radius 1 is 0.760 bits per heavy atom. The third-order valence-corrected chi connectivity index (χ3v) is 8.25. The summed E-state index contributed by atoms with van der Waals surface area (Å²) in [5.41, 5.74) is 0.668. The lowest BCUT2D eigenvalue weighted by molar-refractivity contribution is 1.11. The SMILES string of the molecule is S=P(NN=Cc1c(Cl)cccc1Cl)(c1ccccc1)c1ccccc1. The van der Waals surface area contributed by atoms with E-state index in [1.807, 2.05) is 60.7 Å². The average Bonchev–Trinajstić information content (AvgIpc) is 2.65. The first-order valence-corrected chi connectivity index (χ1v) is 11.1. The standard InChI is InChI=1S/C19H15Cl2N2PS/c20-18-12-7-13-19(21)17(18)14-22-23-24(25,15-8-3-1-4-9-15)16-10-5-2-6-11-16/h1-14H,(H,23,25). The van der Waals surface area contributed by atoms with Crippen molar-refractivity contribution in [2.45, 2.75) is 0 Å². The molecule has 0 saturated carbocycles. The summed E-state index contributed by atoms with van der Waals surface area (Å²) in [7, 11) is 0. The zero-order chi connectivity index (χ0) is 17.7. The third-order valence-electron chi connectivity index (χ3n) is 3.63. The summed E-state index contributed by atoms with van der Waals surface area (Å²) in [6.45, 7) is 0. The normalized spacial score (nSPS) is 11.6. The molecule has 0 aromatic heterocycles. The van der Waals surface area contributed by atoms with Crippen molar-refractivity contribution in [3.8, 4) is 0 Å². The van der Waals surface area contributed by atoms with Crippen molar-refractivity contribution in [1.82, 2.24) is 5.20 Å². The lowest BCUT2D eigenvalue weighted by atomic mass is 10.2. The van der Waals surface area contributed by atoms with Gasteiger partial charge in [0.15, 0.2) is 0 Å². The van der Waals surface area contributed by atoms with Gasteiger partial charge in [-0.1, -0.05) is 102 Å². The number of hydrogen-bond donors (Lipinski definition) is 1. The van der Waals surface area contributed by atoms with Crippen molar-refractivity contribution < 1.29 is 0 Å². The molecular weight excluding hydrogens is 390 g/mol. The molecule has 0 bridgehead atoms. The molecule has 0 aliphatic carbocycles. The first-order valence-electron chi connectivity index (χ1n) is 7.57. The lowest BCUT2D eigenvalue weighted by Gasteiger charge is -2.22. The molecule has 0 fully saturated rings. The van der Waals surface area contributed by atoms with E-state index in [0.717, 1.165) is 10.6 Å². The van der Waals surface area contributed by atoms with Crippen molar-refractivity contribution in [3.05, 3.63) is 94.5 Å². The van der Waals surface area contributed by atoms with Gasteiger partial charge in [-0.3, -0.25) is 5.20 Å². The van der Waals surface area contributed by atoms with Gasteiger partial charge in [0.1, 0.15) is 6.19 Å². The monoisotopic (exact) mass is 404 g/mol. The summed E-state index contributed by atoms with van der Waals surface area (Å²) < 4.78 is 0. The molecular formula is C19H15Cl2N2PS. The lowest BCUT2D eigenvalue weighted by Crippen LogP contribution is -2.24. The highest BCUT2D eigenvalue weighted by molar-refractivity contribution is 8.20. The minimum Gasteiger partial charge on any atom is -0.272 e. The van der Waals surface area contributed by atoms with Crippen molar-refractivity contribution in [2.75, 3.05) is 0 Å². The zero-order valence-electron chi connectivity index (χ0n) is 13.1. The minimum atomic E-state index is -2.29. The van der Waals surface area contributed by atoms with Crippen molar-refractivity contribution in [2.24, 2.45) is 5.10 Å². The van der Waals surface area contributed by atoms with Gasteiger partial charge in [0.05, 0.1) is 16.3 Å². The second kappa shape index (κ2) is 8.16. The summed E-state index contributed by atoms with van der Waals surface area (Å²) >= 11 is 18.4. The van der Waals surface area contributed by atoms with Crippen LogP contribution in [0.2, 0.25) is 10.0 Å². The molecule has 0 radical (unpaired) electrons. The second-order valence-corrected chi connectivity index (χ2v) is 10.2. The highest BCUT2D eigenvalue weighted by Gasteiger charge is 2.21. The van der Waals surface area contributed by atoms with Crippen LogP contribution in [-0.2, 0) is 11.8 Å². The Bertz CT molecular complexity index is 867. The van der Waals surface area contributed by atoms with Gasteiger partial charge in [-0.25, -0.2) is 0 Å². The second-order valence-electron chi connectivity index (χ2n) is 5.27. The topological polar surface area (TPSA) is 24.4 Å². The van der Waals surface area contributed by atoms with Gasteiger partial charge in [-0.15, -0.1) is 0 Å². The zero-order valence-corrected chi connectivity index (χ0v) is 16.4. The van der Waals surface area contributed by atoms with E-state index in [1.54, 1.807) is 24.4 Å². The molecule has 0 aliphatic heterocycles. The molecule has 3 rings (SSSR count). The fourth-order valence-electron chi connectivity index (χ4n) is 2.35. The van der Waals surface area contributed by atoms with Crippen molar-refractivity contribution in [3.63, 3.8) is 0 Å². The summed E-state index contributed by atoms with van der Waals surface area (Å²) in [5.74, 6) is 0. The maximum atomic E-state index is 6.19. The van der Waals surface area contributed by atoms with Crippen LogP contribution in [0.1, 0.15) is 5.56 Å². The van der Waals surface area contributed by atoms with Gasteiger partial charge in [-0.2, -0.15) is 5.10 Å². The molecule has 0 spiro atoms. The van der Waals surface area contributed by atoms with E-state index in [9.17, 15) is 0 Å². The Balaban J connectivity index is 1.97. The molecule has 6 heteroatoms. The fourth-order valence-corrected chi connectivity index (χ4v) is 5.65. The highest BCUT2D eigenvalue weighted by atomic mass is 35.5. The number of hydrogen-bond acceptors (Lipinski definition) is 2. The van der Waals surface area contributed by atoms with Gasteiger partial charge < -0.3 is 0 Å². The van der Waals surface area contributed by atoms with Crippen LogP contribution in [0.15, 0.2) is 84.0 Å². The molecule has 2 nitrogen and oxygen atoms in total. The quantitative estimate of drug-likeness (QED) is 0.369. The molecule has 0 unspecified atom stereocenters.